The van der Waals surface area contributed by atoms with Crippen LogP contribution in [0.3, 0.4) is 0 Å². The van der Waals surface area contributed by atoms with Gasteiger partial charge in [-0.15, -0.1) is 0 Å². The second kappa shape index (κ2) is 7.80. The van der Waals surface area contributed by atoms with E-state index in [9.17, 15) is 9.59 Å². The number of carbonyl (C=O) groups is 2. The third-order valence-electron chi connectivity index (χ3n) is 4.21. The molecule has 1 amide bonds. The number of benzene rings is 1. The van der Waals surface area contributed by atoms with Crippen LogP contribution in [-0.4, -0.2) is 59.4 Å². The van der Waals surface area contributed by atoms with Gasteiger partial charge in [0.2, 0.25) is 0 Å². The molecule has 1 aromatic heterocycles. The minimum absolute atomic E-state index is 0.145. The van der Waals surface area contributed by atoms with E-state index in [0.717, 1.165) is 0 Å². The van der Waals surface area contributed by atoms with Gasteiger partial charge in [0.25, 0.3) is 5.91 Å². The average Bonchev–Trinajstić information content (AvgIpc) is 3.15. The fourth-order valence-electron chi connectivity index (χ4n) is 2.96. The van der Waals surface area contributed by atoms with Crippen LogP contribution in [-0.2, 0) is 9.53 Å². The molecular weight excluding hydrogens is 360 g/mol. The summed E-state index contributed by atoms with van der Waals surface area (Å²) in [5.74, 6) is -0.813. The highest BCUT2D eigenvalue weighted by atomic mass is 35.5. The summed E-state index contributed by atoms with van der Waals surface area (Å²) in [7, 11) is 1.49. The minimum atomic E-state index is -0.957. The number of rotatable bonds is 5. The number of carbonyl (C=O) groups excluding carboxylic acids is 1. The minimum Gasteiger partial charge on any atom is -0.496 e. The third kappa shape index (κ3) is 3.84. The molecule has 0 spiro atoms. The number of hydrogen-bond donors (Lipinski definition) is 1. The van der Waals surface area contributed by atoms with Gasteiger partial charge in [-0.3, -0.25) is 9.59 Å². The van der Waals surface area contributed by atoms with Crippen LogP contribution < -0.4 is 4.74 Å². The molecule has 0 bridgehead atoms. The van der Waals surface area contributed by atoms with Gasteiger partial charge in [-0.05, 0) is 18.2 Å². The zero-order valence-corrected chi connectivity index (χ0v) is 15.0. The molecule has 2 aromatic rings. The van der Waals surface area contributed by atoms with Crippen molar-refractivity contribution in [3.8, 4) is 11.4 Å². The average molecular weight is 379 g/mol. The normalized spacial score (nSPS) is 17.2. The lowest BCUT2D eigenvalue weighted by atomic mass is 10.1. The Morgan fingerprint density at radius 2 is 2.08 bits per heavy atom. The largest absolute Gasteiger partial charge is 0.496 e. The number of nitrogens with zero attached hydrogens (tertiary/aromatic N) is 2. The molecule has 1 N–H and O–H groups in total. The molecule has 0 saturated carbocycles. The highest BCUT2D eigenvalue weighted by molar-refractivity contribution is 6.33. The van der Waals surface area contributed by atoms with Crippen molar-refractivity contribution in [2.24, 2.45) is 0 Å². The first-order chi connectivity index (χ1) is 12.5. The van der Waals surface area contributed by atoms with Gasteiger partial charge in [-0.25, -0.2) is 0 Å². The molecule has 1 unspecified atom stereocenters. The Bertz CT molecular complexity index is 806. The summed E-state index contributed by atoms with van der Waals surface area (Å²) >= 11 is 6.38. The van der Waals surface area contributed by atoms with E-state index < -0.39 is 12.1 Å². The first kappa shape index (κ1) is 18.3. The number of hydrogen-bond acceptors (Lipinski definition) is 4. The number of halogens is 1. The van der Waals surface area contributed by atoms with Crippen LogP contribution in [0.2, 0.25) is 5.02 Å². The SMILES string of the molecule is COc1cc(-n2cccc2)c(Cl)cc1C(=O)N1CCOC(CC(=O)O)C1. The van der Waals surface area contributed by atoms with Crippen molar-refractivity contribution in [2.45, 2.75) is 12.5 Å². The molecular formula is C18H19ClN2O5. The maximum absolute atomic E-state index is 12.9. The standard InChI is InChI=1S/C18H19ClN2O5/c1-25-16-10-15(20-4-2-3-5-20)14(19)9-13(16)18(24)21-6-7-26-12(11-21)8-17(22)23/h2-5,9-10,12H,6-8,11H2,1H3,(H,22,23). The zero-order valence-electron chi connectivity index (χ0n) is 14.2. The van der Waals surface area contributed by atoms with Crippen LogP contribution in [0.15, 0.2) is 36.7 Å². The summed E-state index contributed by atoms with van der Waals surface area (Å²) in [4.78, 5) is 25.4. The first-order valence-electron chi connectivity index (χ1n) is 8.13. The van der Waals surface area contributed by atoms with Crippen LogP contribution in [0.4, 0.5) is 0 Å². The fraction of sp³-hybridized carbons (Fsp3) is 0.333. The van der Waals surface area contributed by atoms with E-state index >= 15 is 0 Å². The molecule has 1 atom stereocenters. The molecule has 2 heterocycles. The van der Waals surface area contributed by atoms with E-state index in [1.807, 2.05) is 29.1 Å². The molecule has 1 aromatic carbocycles. The summed E-state index contributed by atoms with van der Waals surface area (Å²) in [6.45, 7) is 0.890. The van der Waals surface area contributed by atoms with Crippen LogP contribution in [0.25, 0.3) is 5.69 Å². The summed E-state index contributed by atoms with van der Waals surface area (Å²) in [6, 6.07) is 7.04. The van der Waals surface area contributed by atoms with Gasteiger partial charge >= 0.3 is 5.97 Å². The Labute approximate surface area is 155 Å². The zero-order chi connectivity index (χ0) is 18.7. The van der Waals surface area contributed by atoms with E-state index in [-0.39, 0.29) is 18.9 Å². The maximum Gasteiger partial charge on any atom is 0.306 e. The summed E-state index contributed by atoms with van der Waals surface area (Å²) in [5.41, 5.74) is 1.04. The van der Waals surface area contributed by atoms with E-state index in [2.05, 4.69) is 0 Å². The van der Waals surface area contributed by atoms with Crippen molar-refractivity contribution >= 4 is 23.5 Å². The number of amides is 1. The lowest BCUT2D eigenvalue weighted by Gasteiger charge is -2.32. The van der Waals surface area contributed by atoms with Crippen molar-refractivity contribution in [3.63, 3.8) is 0 Å². The third-order valence-corrected chi connectivity index (χ3v) is 4.51. The fourth-order valence-corrected chi connectivity index (χ4v) is 3.23. The van der Waals surface area contributed by atoms with Gasteiger partial charge in [-0.2, -0.15) is 0 Å². The monoisotopic (exact) mass is 378 g/mol. The van der Waals surface area contributed by atoms with Gasteiger partial charge in [0.05, 0.1) is 42.5 Å². The van der Waals surface area contributed by atoms with E-state index in [1.165, 1.54) is 7.11 Å². The smallest absolute Gasteiger partial charge is 0.306 e. The number of morpholine rings is 1. The molecule has 138 valence electrons. The molecule has 3 rings (SSSR count). The molecule has 1 aliphatic rings. The Morgan fingerprint density at radius 3 is 2.73 bits per heavy atom. The molecule has 7 nitrogen and oxygen atoms in total. The van der Waals surface area contributed by atoms with Crippen molar-refractivity contribution in [1.29, 1.82) is 0 Å². The second-order valence-electron chi connectivity index (χ2n) is 5.94. The number of carboxylic acid groups (broad SMARTS) is 1. The van der Waals surface area contributed by atoms with Gasteiger partial charge in [0, 0.05) is 31.5 Å². The highest BCUT2D eigenvalue weighted by Crippen LogP contribution is 2.31. The van der Waals surface area contributed by atoms with Crippen LogP contribution in [0.5, 0.6) is 5.75 Å². The number of carboxylic acids is 1. The first-order valence-corrected chi connectivity index (χ1v) is 8.51. The topological polar surface area (TPSA) is 81.0 Å². The van der Waals surface area contributed by atoms with Crippen LogP contribution in [0.1, 0.15) is 16.8 Å². The van der Waals surface area contributed by atoms with E-state index in [4.69, 9.17) is 26.2 Å². The second-order valence-corrected chi connectivity index (χ2v) is 6.34. The number of aliphatic carboxylic acids is 1. The molecule has 26 heavy (non-hydrogen) atoms. The van der Waals surface area contributed by atoms with Gasteiger partial charge in [0.15, 0.2) is 0 Å². The maximum atomic E-state index is 12.9. The van der Waals surface area contributed by atoms with Crippen molar-refractivity contribution < 1.29 is 24.2 Å². The van der Waals surface area contributed by atoms with Gasteiger partial charge in [0.1, 0.15) is 5.75 Å². The molecule has 0 aliphatic carbocycles. The number of aromatic nitrogens is 1. The highest BCUT2D eigenvalue weighted by Gasteiger charge is 2.28. The molecule has 1 fully saturated rings. The predicted octanol–water partition coefficient (Wildman–Crippen LogP) is 2.46. The van der Waals surface area contributed by atoms with Gasteiger partial charge in [-0.1, -0.05) is 11.6 Å². The molecule has 1 aliphatic heterocycles. The Kier molecular flexibility index (Phi) is 5.49. The Balaban J connectivity index is 1.87. The lowest BCUT2D eigenvalue weighted by molar-refractivity contribution is -0.141. The summed E-state index contributed by atoms with van der Waals surface area (Å²) in [6.07, 6.45) is 3.03. The molecule has 1 saturated heterocycles. The van der Waals surface area contributed by atoms with Crippen LogP contribution >= 0.6 is 11.6 Å². The molecule has 8 heteroatoms. The number of methoxy groups -OCH3 is 1. The van der Waals surface area contributed by atoms with Crippen molar-refractivity contribution in [2.75, 3.05) is 26.8 Å². The predicted molar refractivity (Wildman–Crippen MR) is 95.2 cm³/mol. The Morgan fingerprint density at radius 1 is 1.35 bits per heavy atom. The van der Waals surface area contributed by atoms with E-state index in [0.29, 0.717) is 35.2 Å². The number of ether oxygens (including phenoxy) is 2. The summed E-state index contributed by atoms with van der Waals surface area (Å²) < 4.78 is 12.6. The van der Waals surface area contributed by atoms with Crippen molar-refractivity contribution in [1.82, 2.24) is 9.47 Å². The molecule has 0 radical (unpaired) electrons. The summed E-state index contributed by atoms with van der Waals surface area (Å²) in [5, 5.41) is 9.34. The quantitative estimate of drug-likeness (QED) is 0.864. The van der Waals surface area contributed by atoms with Gasteiger partial charge < -0.3 is 24.0 Å². The Hall–Kier alpha value is -2.51. The lowest BCUT2D eigenvalue weighted by Crippen LogP contribution is -2.46. The van der Waals surface area contributed by atoms with Crippen LogP contribution in [0, 0.1) is 0 Å². The van der Waals surface area contributed by atoms with E-state index in [1.54, 1.807) is 17.0 Å². The van der Waals surface area contributed by atoms with Crippen molar-refractivity contribution in [3.05, 3.63) is 47.2 Å².